The summed E-state index contributed by atoms with van der Waals surface area (Å²) in [6.45, 7) is 8.11. The minimum atomic E-state index is -1.04. The number of rotatable bonds is 4. The van der Waals surface area contributed by atoms with Crippen molar-refractivity contribution in [3.05, 3.63) is 0 Å². The average Bonchev–Trinajstić information content (AvgIpc) is 2.07. The molecule has 3 N–H and O–H groups in total. The fourth-order valence-corrected chi connectivity index (χ4v) is 3.33. The molecule has 0 saturated carbocycles. The number of aliphatic carboxylic acids is 2. The summed E-state index contributed by atoms with van der Waals surface area (Å²) in [4.78, 5) is 22.1. The predicted molar refractivity (Wildman–Crippen MR) is 67.4 cm³/mol. The van der Waals surface area contributed by atoms with Gasteiger partial charge in [0.2, 0.25) is 0 Å². The van der Waals surface area contributed by atoms with Crippen LogP contribution in [0.2, 0.25) is 0 Å². The Balaban J connectivity index is 2.91. The van der Waals surface area contributed by atoms with Crippen LogP contribution in [0.5, 0.6) is 0 Å². The maximum Gasteiger partial charge on any atom is 0.307 e. The fourth-order valence-electron chi connectivity index (χ4n) is 3.33. The molecule has 0 spiro atoms. The number of nitrogens with one attached hydrogen (secondary N) is 1. The van der Waals surface area contributed by atoms with Crippen LogP contribution in [0.15, 0.2) is 0 Å². The third-order valence-electron chi connectivity index (χ3n) is 3.50. The molecule has 0 aliphatic carbocycles. The summed E-state index contributed by atoms with van der Waals surface area (Å²) < 4.78 is 0. The van der Waals surface area contributed by atoms with Crippen LogP contribution >= 0.6 is 0 Å². The molecule has 1 atom stereocenters. The second kappa shape index (κ2) is 4.88. The van der Waals surface area contributed by atoms with Crippen LogP contribution < -0.4 is 5.32 Å². The third-order valence-corrected chi connectivity index (χ3v) is 3.50. The summed E-state index contributed by atoms with van der Waals surface area (Å²) in [7, 11) is 0. The van der Waals surface area contributed by atoms with Crippen LogP contribution in [0.4, 0.5) is 0 Å². The Hall–Kier alpha value is -1.10. The molecule has 1 heterocycles. The van der Waals surface area contributed by atoms with E-state index in [1.165, 1.54) is 0 Å². The molecule has 0 aromatic rings. The maximum absolute atomic E-state index is 11.3. The Kier molecular flexibility index (Phi) is 4.05. The van der Waals surface area contributed by atoms with E-state index in [2.05, 4.69) is 5.32 Å². The van der Waals surface area contributed by atoms with E-state index in [1.807, 2.05) is 27.7 Å². The molecule has 1 saturated heterocycles. The first-order valence-corrected chi connectivity index (χ1v) is 6.26. The molecule has 5 heteroatoms. The zero-order valence-electron chi connectivity index (χ0n) is 11.5. The number of hydrogen-bond acceptors (Lipinski definition) is 3. The first kappa shape index (κ1) is 15.0. The second-order valence-electron chi connectivity index (χ2n) is 6.60. The van der Waals surface area contributed by atoms with Crippen molar-refractivity contribution in [3.63, 3.8) is 0 Å². The SMILES string of the molecule is CC1(C)CC(C(CC(=O)O)C(=O)O)CC(C)(C)N1. The van der Waals surface area contributed by atoms with Gasteiger partial charge in [-0.25, -0.2) is 0 Å². The molecule has 1 rings (SSSR count). The van der Waals surface area contributed by atoms with Gasteiger partial charge in [-0.05, 0) is 46.5 Å². The Morgan fingerprint density at radius 3 is 1.94 bits per heavy atom. The molecule has 1 aliphatic heterocycles. The molecule has 5 nitrogen and oxygen atoms in total. The highest BCUT2D eigenvalue weighted by Crippen LogP contribution is 2.38. The highest BCUT2D eigenvalue weighted by molar-refractivity contribution is 5.78. The van der Waals surface area contributed by atoms with Gasteiger partial charge in [0.1, 0.15) is 0 Å². The molecule has 0 aromatic carbocycles. The van der Waals surface area contributed by atoms with Gasteiger partial charge in [-0.3, -0.25) is 9.59 Å². The standard InChI is InChI=1S/C13H23NO4/c1-12(2)6-8(7-13(3,4)14-12)9(11(17)18)5-10(15)16/h8-9,14H,5-7H2,1-4H3,(H,15,16)(H,17,18). The van der Waals surface area contributed by atoms with Crippen molar-refractivity contribution in [2.75, 3.05) is 0 Å². The summed E-state index contributed by atoms with van der Waals surface area (Å²) in [5.41, 5.74) is -0.336. The minimum absolute atomic E-state index is 0.107. The van der Waals surface area contributed by atoms with Gasteiger partial charge in [-0.15, -0.1) is 0 Å². The van der Waals surface area contributed by atoms with Crippen molar-refractivity contribution in [1.82, 2.24) is 5.32 Å². The Morgan fingerprint density at radius 1 is 1.17 bits per heavy atom. The predicted octanol–water partition coefficient (Wildman–Crippen LogP) is 1.72. The molecule has 0 aromatic heterocycles. The Morgan fingerprint density at radius 2 is 1.61 bits per heavy atom. The lowest BCUT2D eigenvalue weighted by molar-refractivity contribution is -0.151. The van der Waals surface area contributed by atoms with E-state index in [0.717, 1.165) is 0 Å². The van der Waals surface area contributed by atoms with E-state index in [0.29, 0.717) is 12.8 Å². The Labute approximate surface area is 108 Å². The molecule has 1 unspecified atom stereocenters. The van der Waals surface area contributed by atoms with Gasteiger partial charge in [-0.2, -0.15) is 0 Å². The van der Waals surface area contributed by atoms with Crippen LogP contribution in [0.3, 0.4) is 0 Å². The number of piperidine rings is 1. The molecule has 18 heavy (non-hydrogen) atoms. The minimum Gasteiger partial charge on any atom is -0.481 e. The van der Waals surface area contributed by atoms with E-state index < -0.39 is 17.9 Å². The van der Waals surface area contributed by atoms with Crippen molar-refractivity contribution >= 4 is 11.9 Å². The van der Waals surface area contributed by atoms with Crippen molar-refractivity contribution < 1.29 is 19.8 Å². The van der Waals surface area contributed by atoms with E-state index >= 15 is 0 Å². The summed E-state index contributed by atoms with van der Waals surface area (Å²) in [5.74, 6) is -2.96. The summed E-state index contributed by atoms with van der Waals surface area (Å²) >= 11 is 0. The molecular formula is C13H23NO4. The number of carboxylic acid groups (broad SMARTS) is 2. The topological polar surface area (TPSA) is 86.6 Å². The molecule has 104 valence electrons. The smallest absolute Gasteiger partial charge is 0.307 e. The normalized spacial score (nSPS) is 24.4. The largest absolute Gasteiger partial charge is 0.481 e. The summed E-state index contributed by atoms with van der Waals surface area (Å²) in [6.07, 6.45) is 1.06. The fraction of sp³-hybridized carbons (Fsp3) is 0.846. The highest BCUT2D eigenvalue weighted by atomic mass is 16.4. The number of hydrogen-bond donors (Lipinski definition) is 3. The van der Waals surface area contributed by atoms with Gasteiger partial charge in [0.05, 0.1) is 12.3 Å². The number of carbonyl (C=O) groups is 2. The lowest BCUT2D eigenvalue weighted by Crippen LogP contribution is -2.59. The Bertz CT molecular complexity index is 333. The molecular weight excluding hydrogens is 234 g/mol. The molecule has 0 bridgehead atoms. The van der Waals surface area contributed by atoms with Crippen LogP contribution in [0.1, 0.15) is 47.0 Å². The van der Waals surface area contributed by atoms with Crippen LogP contribution in [0, 0.1) is 11.8 Å². The van der Waals surface area contributed by atoms with Crippen molar-refractivity contribution in [2.45, 2.75) is 58.0 Å². The van der Waals surface area contributed by atoms with Crippen LogP contribution in [0.25, 0.3) is 0 Å². The highest BCUT2D eigenvalue weighted by Gasteiger charge is 2.43. The van der Waals surface area contributed by atoms with Gasteiger partial charge < -0.3 is 15.5 Å². The lowest BCUT2D eigenvalue weighted by Gasteiger charge is -2.47. The summed E-state index contributed by atoms with van der Waals surface area (Å²) in [5, 5.41) is 21.5. The van der Waals surface area contributed by atoms with Crippen molar-refractivity contribution in [2.24, 2.45) is 11.8 Å². The first-order chi connectivity index (χ1) is 8.02. The monoisotopic (exact) mass is 257 g/mol. The van der Waals surface area contributed by atoms with Gasteiger partial charge in [0.25, 0.3) is 0 Å². The van der Waals surface area contributed by atoms with Crippen LogP contribution in [-0.4, -0.2) is 33.2 Å². The van der Waals surface area contributed by atoms with Gasteiger partial charge >= 0.3 is 11.9 Å². The maximum atomic E-state index is 11.3. The first-order valence-electron chi connectivity index (χ1n) is 6.26. The van der Waals surface area contributed by atoms with Crippen molar-refractivity contribution in [3.8, 4) is 0 Å². The zero-order chi connectivity index (χ0) is 14.1. The zero-order valence-corrected chi connectivity index (χ0v) is 11.5. The van der Waals surface area contributed by atoms with E-state index in [9.17, 15) is 14.7 Å². The van der Waals surface area contributed by atoms with Gasteiger partial charge in [0, 0.05) is 11.1 Å². The molecule has 0 radical (unpaired) electrons. The second-order valence-corrected chi connectivity index (χ2v) is 6.60. The summed E-state index contributed by atoms with van der Waals surface area (Å²) in [6, 6.07) is 0. The van der Waals surface area contributed by atoms with E-state index in [-0.39, 0.29) is 23.4 Å². The van der Waals surface area contributed by atoms with Crippen LogP contribution in [-0.2, 0) is 9.59 Å². The lowest BCUT2D eigenvalue weighted by atomic mass is 9.70. The van der Waals surface area contributed by atoms with E-state index in [1.54, 1.807) is 0 Å². The van der Waals surface area contributed by atoms with Gasteiger partial charge in [0.15, 0.2) is 0 Å². The molecule has 1 fully saturated rings. The quantitative estimate of drug-likeness (QED) is 0.714. The molecule has 1 aliphatic rings. The van der Waals surface area contributed by atoms with Crippen molar-refractivity contribution in [1.29, 1.82) is 0 Å². The third kappa shape index (κ3) is 3.98. The number of carboxylic acids is 2. The molecule has 0 amide bonds. The average molecular weight is 257 g/mol. The van der Waals surface area contributed by atoms with E-state index in [4.69, 9.17) is 5.11 Å². The van der Waals surface area contributed by atoms with Gasteiger partial charge in [-0.1, -0.05) is 0 Å².